The zero-order valence-corrected chi connectivity index (χ0v) is 11.5. The van der Waals surface area contributed by atoms with Gasteiger partial charge in [0.15, 0.2) is 0 Å². The molecule has 2 heterocycles. The first kappa shape index (κ1) is 13.5. The second-order valence-corrected chi connectivity index (χ2v) is 4.78. The van der Waals surface area contributed by atoms with E-state index in [0.717, 1.165) is 18.4 Å². The summed E-state index contributed by atoms with van der Waals surface area (Å²) in [5, 5.41) is 6.98. The van der Waals surface area contributed by atoms with Gasteiger partial charge >= 0.3 is 0 Å². The molecule has 0 radical (unpaired) electrons. The van der Waals surface area contributed by atoms with Crippen LogP contribution in [0.2, 0.25) is 0 Å². The van der Waals surface area contributed by atoms with Crippen LogP contribution in [0.5, 0.6) is 0 Å². The number of rotatable bonds is 5. The lowest BCUT2D eigenvalue weighted by Gasteiger charge is -2.16. The van der Waals surface area contributed by atoms with Crippen LogP contribution in [0.4, 0.5) is 0 Å². The highest BCUT2D eigenvalue weighted by Gasteiger charge is 2.18. The van der Waals surface area contributed by atoms with Crippen molar-refractivity contribution >= 4 is 28.6 Å². The predicted octanol–water partition coefficient (Wildman–Crippen LogP) is 1.52. The zero-order valence-electron chi connectivity index (χ0n) is 10.7. The van der Waals surface area contributed by atoms with Gasteiger partial charge in [0.2, 0.25) is 0 Å². The Morgan fingerprint density at radius 2 is 2.37 bits per heavy atom. The first-order chi connectivity index (χ1) is 9.13. The molecule has 0 saturated carbocycles. The topological polar surface area (TPSA) is 72.4 Å². The molecule has 5 nitrogen and oxygen atoms in total. The predicted molar refractivity (Wildman–Crippen MR) is 78.1 cm³/mol. The number of amides is 1. The van der Waals surface area contributed by atoms with Crippen LogP contribution in [0.15, 0.2) is 30.6 Å². The van der Waals surface area contributed by atoms with E-state index < -0.39 is 0 Å². The van der Waals surface area contributed by atoms with Gasteiger partial charge in [-0.15, -0.1) is 0 Å². The number of carbonyl (C=O) groups excluding carboxylic acids is 1. The van der Waals surface area contributed by atoms with Gasteiger partial charge in [-0.25, -0.2) is 4.52 Å². The van der Waals surface area contributed by atoms with Gasteiger partial charge < -0.3 is 11.1 Å². The molecule has 2 rings (SSSR count). The van der Waals surface area contributed by atoms with E-state index in [1.54, 1.807) is 16.9 Å². The third-order valence-corrected chi connectivity index (χ3v) is 3.18. The third-order valence-electron chi connectivity index (χ3n) is 2.90. The van der Waals surface area contributed by atoms with E-state index in [1.165, 1.54) is 0 Å². The maximum atomic E-state index is 12.2. The van der Waals surface area contributed by atoms with Gasteiger partial charge in [0.25, 0.3) is 5.91 Å². The Morgan fingerprint density at radius 3 is 3.05 bits per heavy atom. The van der Waals surface area contributed by atoms with Crippen molar-refractivity contribution in [3.63, 3.8) is 0 Å². The lowest BCUT2D eigenvalue weighted by Crippen LogP contribution is -2.43. The smallest absolute Gasteiger partial charge is 0.255 e. The highest BCUT2D eigenvalue weighted by Crippen LogP contribution is 2.10. The number of nitrogens with one attached hydrogen (secondary N) is 1. The summed E-state index contributed by atoms with van der Waals surface area (Å²) in [4.78, 5) is 12.5. The Labute approximate surface area is 116 Å². The van der Waals surface area contributed by atoms with Crippen molar-refractivity contribution in [2.24, 2.45) is 5.73 Å². The summed E-state index contributed by atoms with van der Waals surface area (Å²) in [6, 6.07) is 5.30. The molecule has 1 amide bonds. The number of thiocarbonyl (C=S) groups is 1. The summed E-state index contributed by atoms with van der Waals surface area (Å²) in [5.74, 6) is -0.201. The molecule has 6 heteroatoms. The van der Waals surface area contributed by atoms with Gasteiger partial charge in [-0.2, -0.15) is 5.10 Å². The fourth-order valence-electron chi connectivity index (χ4n) is 1.92. The first-order valence-corrected chi connectivity index (χ1v) is 6.57. The Kier molecular flexibility index (Phi) is 4.11. The normalized spacial score (nSPS) is 12.3. The minimum Gasteiger partial charge on any atom is -0.392 e. The van der Waals surface area contributed by atoms with Crippen molar-refractivity contribution in [1.29, 1.82) is 0 Å². The molecule has 3 N–H and O–H groups in total. The van der Waals surface area contributed by atoms with E-state index in [9.17, 15) is 4.79 Å². The molecule has 1 unspecified atom stereocenters. The Bertz CT molecular complexity index is 607. The minimum absolute atomic E-state index is 0.201. The summed E-state index contributed by atoms with van der Waals surface area (Å²) in [6.45, 7) is 2.02. The number of hydrogen-bond acceptors (Lipinski definition) is 3. The number of nitrogens with two attached hydrogens (primary N) is 1. The van der Waals surface area contributed by atoms with E-state index in [0.29, 0.717) is 10.6 Å². The SMILES string of the molecule is CCCC(NC(=O)c1cnn2ccccc12)C(N)=S. The highest BCUT2D eigenvalue weighted by molar-refractivity contribution is 7.80. The number of nitrogens with zero attached hydrogens (tertiary/aromatic N) is 2. The molecule has 1 atom stereocenters. The summed E-state index contributed by atoms with van der Waals surface area (Å²) >= 11 is 4.97. The molecule has 0 spiro atoms. The molecular weight excluding hydrogens is 260 g/mol. The molecule has 0 fully saturated rings. The molecule has 0 bridgehead atoms. The lowest BCUT2D eigenvalue weighted by molar-refractivity contribution is 0.0947. The number of pyridine rings is 1. The molecule has 2 aromatic rings. The molecule has 0 saturated heterocycles. The number of aromatic nitrogens is 2. The Balaban J connectivity index is 2.22. The van der Waals surface area contributed by atoms with Gasteiger partial charge in [-0.1, -0.05) is 31.6 Å². The summed E-state index contributed by atoms with van der Waals surface area (Å²) in [7, 11) is 0. The summed E-state index contributed by atoms with van der Waals surface area (Å²) in [6.07, 6.45) is 4.98. The molecule has 0 aliphatic rings. The van der Waals surface area contributed by atoms with Gasteiger partial charge in [-0.3, -0.25) is 4.79 Å². The number of carbonyl (C=O) groups is 1. The van der Waals surface area contributed by atoms with Crippen molar-refractivity contribution in [2.75, 3.05) is 0 Å². The van der Waals surface area contributed by atoms with Crippen LogP contribution in [-0.2, 0) is 0 Å². The summed E-state index contributed by atoms with van der Waals surface area (Å²) < 4.78 is 1.66. The molecule has 0 aliphatic heterocycles. The van der Waals surface area contributed by atoms with Crippen molar-refractivity contribution in [3.05, 3.63) is 36.2 Å². The fourth-order valence-corrected chi connectivity index (χ4v) is 2.10. The monoisotopic (exact) mass is 276 g/mol. The standard InChI is InChI=1S/C13H16N4OS/c1-2-5-10(12(14)19)16-13(18)9-8-15-17-7-4-3-6-11(9)17/h3-4,6-8,10H,2,5H2,1H3,(H2,14,19)(H,16,18). The molecule has 2 aromatic heterocycles. The van der Waals surface area contributed by atoms with Crippen molar-refractivity contribution in [2.45, 2.75) is 25.8 Å². The van der Waals surface area contributed by atoms with Gasteiger partial charge in [0.1, 0.15) is 0 Å². The molecule has 0 aliphatic carbocycles. The number of fused-ring (bicyclic) bond motifs is 1. The van der Waals surface area contributed by atoms with Crippen molar-refractivity contribution in [1.82, 2.24) is 14.9 Å². The van der Waals surface area contributed by atoms with Crippen LogP contribution in [0, 0.1) is 0 Å². The van der Waals surface area contributed by atoms with E-state index in [-0.39, 0.29) is 11.9 Å². The van der Waals surface area contributed by atoms with E-state index >= 15 is 0 Å². The van der Waals surface area contributed by atoms with Gasteiger partial charge in [0, 0.05) is 6.20 Å². The van der Waals surface area contributed by atoms with E-state index in [2.05, 4.69) is 10.4 Å². The minimum atomic E-state index is -0.272. The second-order valence-electron chi connectivity index (χ2n) is 4.31. The first-order valence-electron chi connectivity index (χ1n) is 6.16. The average Bonchev–Trinajstić information content (AvgIpc) is 2.81. The van der Waals surface area contributed by atoms with E-state index in [1.807, 2.05) is 25.1 Å². The zero-order chi connectivity index (χ0) is 13.8. The van der Waals surface area contributed by atoms with Crippen molar-refractivity contribution < 1.29 is 4.79 Å². The van der Waals surface area contributed by atoms with Crippen LogP contribution < -0.4 is 11.1 Å². The number of hydrogen-bond donors (Lipinski definition) is 2. The van der Waals surface area contributed by atoms with Crippen LogP contribution in [0.25, 0.3) is 5.52 Å². The average molecular weight is 276 g/mol. The van der Waals surface area contributed by atoms with E-state index in [4.69, 9.17) is 18.0 Å². The van der Waals surface area contributed by atoms with Gasteiger partial charge in [-0.05, 0) is 18.6 Å². The largest absolute Gasteiger partial charge is 0.392 e. The fraction of sp³-hybridized carbons (Fsp3) is 0.308. The Morgan fingerprint density at radius 1 is 1.58 bits per heavy atom. The van der Waals surface area contributed by atoms with Crippen LogP contribution in [0.1, 0.15) is 30.1 Å². The Hall–Kier alpha value is -1.95. The maximum absolute atomic E-state index is 12.2. The quantitative estimate of drug-likeness (QED) is 0.812. The van der Waals surface area contributed by atoms with Crippen molar-refractivity contribution in [3.8, 4) is 0 Å². The molecule has 100 valence electrons. The third kappa shape index (κ3) is 2.90. The highest BCUT2D eigenvalue weighted by atomic mass is 32.1. The molecule has 0 aromatic carbocycles. The maximum Gasteiger partial charge on any atom is 0.255 e. The summed E-state index contributed by atoms with van der Waals surface area (Å²) in [5.41, 5.74) is 6.92. The second kappa shape index (κ2) is 5.79. The van der Waals surface area contributed by atoms with Gasteiger partial charge in [0.05, 0.1) is 28.3 Å². The van der Waals surface area contributed by atoms with Crippen LogP contribution in [-0.4, -0.2) is 26.6 Å². The van der Waals surface area contributed by atoms with Crippen LogP contribution >= 0.6 is 12.2 Å². The molecule has 19 heavy (non-hydrogen) atoms. The van der Waals surface area contributed by atoms with Crippen LogP contribution in [0.3, 0.4) is 0 Å². The molecular formula is C13H16N4OS. The lowest BCUT2D eigenvalue weighted by atomic mass is 10.1.